The highest BCUT2D eigenvalue weighted by Gasteiger charge is 2.22. The van der Waals surface area contributed by atoms with Crippen LogP contribution in [0.5, 0.6) is 17.2 Å². The Kier molecular flexibility index (Phi) is 5.43. The topological polar surface area (TPSA) is 86.9 Å². The van der Waals surface area contributed by atoms with Crippen molar-refractivity contribution in [3.63, 3.8) is 0 Å². The molecule has 1 aromatic heterocycles. The van der Waals surface area contributed by atoms with E-state index in [1.807, 2.05) is 24.3 Å². The van der Waals surface area contributed by atoms with Crippen LogP contribution in [0.4, 0.5) is 0 Å². The molecule has 1 aliphatic rings. The molecule has 2 aromatic carbocycles. The number of para-hydroxylation sites is 1. The van der Waals surface area contributed by atoms with E-state index < -0.39 is 12.1 Å². The standard InChI is InChI=1S/C23H21NO6/c1-14(22(26)17-13-24-18-6-4-3-5-16(17)18)30-21(25)8-7-15-11-19(27-2)23-20(12-15)28-9-10-29-23/h3-8,11-14,24H,9-10H2,1-2H3/b8-7+/t14-/m1/s1. The maximum absolute atomic E-state index is 12.7. The summed E-state index contributed by atoms with van der Waals surface area (Å²) in [4.78, 5) is 28.0. The first-order valence-electron chi connectivity index (χ1n) is 9.53. The maximum Gasteiger partial charge on any atom is 0.331 e. The molecule has 1 aliphatic heterocycles. The normalized spacial score (nSPS) is 13.9. The summed E-state index contributed by atoms with van der Waals surface area (Å²) >= 11 is 0. The molecule has 0 saturated heterocycles. The molecule has 1 N–H and O–H groups in total. The van der Waals surface area contributed by atoms with Crippen molar-refractivity contribution in [1.82, 2.24) is 4.98 Å². The van der Waals surface area contributed by atoms with Crippen molar-refractivity contribution in [2.45, 2.75) is 13.0 Å². The third-order valence-corrected chi connectivity index (χ3v) is 4.78. The highest BCUT2D eigenvalue weighted by molar-refractivity contribution is 6.10. The molecule has 154 valence electrons. The number of carbonyl (C=O) groups excluding carboxylic acids is 2. The molecule has 0 unspecified atom stereocenters. The van der Waals surface area contributed by atoms with Crippen LogP contribution in [0.1, 0.15) is 22.8 Å². The molecule has 1 atom stereocenters. The number of rotatable bonds is 6. The molecule has 0 fully saturated rings. The molecule has 2 heterocycles. The molecule has 7 heteroatoms. The van der Waals surface area contributed by atoms with Gasteiger partial charge in [0.2, 0.25) is 11.5 Å². The van der Waals surface area contributed by atoms with Crippen LogP contribution in [0.25, 0.3) is 17.0 Å². The van der Waals surface area contributed by atoms with Gasteiger partial charge in [-0.15, -0.1) is 0 Å². The van der Waals surface area contributed by atoms with Crippen LogP contribution in [0.3, 0.4) is 0 Å². The third kappa shape index (κ3) is 3.87. The van der Waals surface area contributed by atoms with Crippen LogP contribution in [0.2, 0.25) is 0 Å². The fourth-order valence-corrected chi connectivity index (χ4v) is 3.32. The van der Waals surface area contributed by atoms with Crippen molar-refractivity contribution in [3.8, 4) is 17.2 Å². The number of aromatic nitrogens is 1. The Morgan fingerprint density at radius 1 is 1.17 bits per heavy atom. The first kappa shape index (κ1) is 19.6. The summed E-state index contributed by atoms with van der Waals surface area (Å²) in [6, 6.07) is 11.0. The fraction of sp³-hybridized carbons (Fsp3) is 0.217. The van der Waals surface area contributed by atoms with Crippen LogP contribution in [-0.2, 0) is 9.53 Å². The number of esters is 1. The number of ether oxygens (including phenoxy) is 4. The van der Waals surface area contributed by atoms with Crippen molar-refractivity contribution >= 4 is 28.7 Å². The number of fused-ring (bicyclic) bond motifs is 2. The number of carbonyl (C=O) groups is 2. The fourth-order valence-electron chi connectivity index (χ4n) is 3.32. The van der Waals surface area contributed by atoms with Crippen molar-refractivity contribution in [1.29, 1.82) is 0 Å². The molecule has 0 bridgehead atoms. The van der Waals surface area contributed by atoms with Crippen LogP contribution < -0.4 is 14.2 Å². The number of nitrogens with one attached hydrogen (secondary N) is 1. The number of Topliss-reactive ketones (excluding diaryl/α,β-unsaturated/α-hetero) is 1. The van der Waals surface area contributed by atoms with Gasteiger partial charge in [-0.1, -0.05) is 18.2 Å². The van der Waals surface area contributed by atoms with Crippen LogP contribution >= 0.6 is 0 Å². The van der Waals surface area contributed by atoms with Gasteiger partial charge in [-0.2, -0.15) is 0 Å². The number of hydrogen-bond donors (Lipinski definition) is 1. The molecule has 0 radical (unpaired) electrons. The number of H-pyrrole nitrogens is 1. The molecule has 0 aliphatic carbocycles. The zero-order valence-electron chi connectivity index (χ0n) is 16.6. The molecule has 0 spiro atoms. The second kappa shape index (κ2) is 8.32. The minimum absolute atomic E-state index is 0.268. The molecule has 7 nitrogen and oxygen atoms in total. The molecule has 30 heavy (non-hydrogen) atoms. The van der Waals surface area contributed by atoms with Gasteiger partial charge in [0.15, 0.2) is 17.6 Å². The van der Waals surface area contributed by atoms with Gasteiger partial charge < -0.3 is 23.9 Å². The smallest absolute Gasteiger partial charge is 0.331 e. The van der Waals surface area contributed by atoms with E-state index in [1.165, 1.54) is 13.2 Å². The lowest BCUT2D eigenvalue weighted by atomic mass is 10.1. The third-order valence-electron chi connectivity index (χ3n) is 4.78. The van der Waals surface area contributed by atoms with E-state index in [0.29, 0.717) is 41.6 Å². The summed E-state index contributed by atoms with van der Waals surface area (Å²) in [5, 5.41) is 0.796. The predicted molar refractivity (Wildman–Crippen MR) is 111 cm³/mol. The lowest BCUT2D eigenvalue weighted by Gasteiger charge is -2.20. The summed E-state index contributed by atoms with van der Waals surface area (Å²) in [6.07, 6.45) is 3.56. The van der Waals surface area contributed by atoms with E-state index >= 15 is 0 Å². The Morgan fingerprint density at radius 3 is 2.80 bits per heavy atom. The second-order valence-corrected chi connectivity index (χ2v) is 6.77. The van der Waals surface area contributed by atoms with Crippen molar-refractivity contribution in [3.05, 3.63) is 59.8 Å². The minimum Gasteiger partial charge on any atom is -0.493 e. The molecule has 0 saturated carbocycles. The molecule has 3 aromatic rings. The largest absolute Gasteiger partial charge is 0.493 e. The first-order valence-corrected chi connectivity index (χ1v) is 9.53. The molecular weight excluding hydrogens is 386 g/mol. The van der Waals surface area contributed by atoms with Gasteiger partial charge >= 0.3 is 5.97 Å². The Morgan fingerprint density at radius 2 is 1.97 bits per heavy atom. The average Bonchev–Trinajstić information content (AvgIpc) is 3.20. The Bertz CT molecular complexity index is 1110. The van der Waals surface area contributed by atoms with Gasteiger partial charge in [0.1, 0.15) is 13.2 Å². The van der Waals surface area contributed by atoms with Gasteiger partial charge in [-0.05, 0) is 36.8 Å². The van der Waals surface area contributed by atoms with E-state index in [9.17, 15) is 9.59 Å². The molecule has 4 rings (SSSR count). The molecular formula is C23H21NO6. The minimum atomic E-state index is -0.920. The number of ketones is 1. The zero-order valence-corrected chi connectivity index (χ0v) is 16.6. The summed E-state index contributed by atoms with van der Waals surface area (Å²) in [5.74, 6) is 0.723. The lowest BCUT2D eigenvalue weighted by Crippen LogP contribution is -2.23. The monoisotopic (exact) mass is 407 g/mol. The van der Waals surface area contributed by atoms with Gasteiger partial charge in [0, 0.05) is 28.7 Å². The van der Waals surface area contributed by atoms with Crippen LogP contribution in [0.15, 0.2) is 48.7 Å². The van der Waals surface area contributed by atoms with Gasteiger partial charge in [-0.3, -0.25) is 4.79 Å². The number of aromatic amines is 1. The quantitative estimate of drug-likeness (QED) is 0.380. The summed E-state index contributed by atoms with van der Waals surface area (Å²) in [7, 11) is 1.54. The number of benzene rings is 2. The summed E-state index contributed by atoms with van der Waals surface area (Å²) < 4.78 is 21.8. The number of hydrogen-bond acceptors (Lipinski definition) is 6. The average molecular weight is 407 g/mol. The van der Waals surface area contributed by atoms with Crippen molar-refractivity contribution in [2.75, 3.05) is 20.3 Å². The highest BCUT2D eigenvalue weighted by Crippen LogP contribution is 2.40. The lowest BCUT2D eigenvalue weighted by molar-refractivity contribution is -0.140. The highest BCUT2D eigenvalue weighted by atomic mass is 16.6. The SMILES string of the molecule is COc1cc(/C=C/C(=O)O[C@H](C)C(=O)c2c[nH]c3ccccc23)cc2c1OCCO2. The predicted octanol–water partition coefficient (Wildman–Crippen LogP) is 3.78. The van der Waals surface area contributed by atoms with Crippen LogP contribution in [0, 0.1) is 0 Å². The van der Waals surface area contributed by atoms with E-state index in [-0.39, 0.29) is 5.78 Å². The van der Waals surface area contributed by atoms with Gasteiger partial charge in [-0.25, -0.2) is 4.79 Å². The van der Waals surface area contributed by atoms with Gasteiger partial charge in [0.25, 0.3) is 0 Å². The Balaban J connectivity index is 1.45. The zero-order chi connectivity index (χ0) is 21.1. The van der Waals surface area contributed by atoms with Crippen molar-refractivity contribution in [2.24, 2.45) is 0 Å². The van der Waals surface area contributed by atoms with E-state index in [4.69, 9.17) is 18.9 Å². The van der Waals surface area contributed by atoms with E-state index in [1.54, 1.807) is 31.3 Å². The van der Waals surface area contributed by atoms with Gasteiger partial charge in [0.05, 0.1) is 7.11 Å². The summed E-state index contributed by atoms with van der Waals surface area (Å²) in [5.41, 5.74) is 2.03. The van der Waals surface area contributed by atoms with Crippen LogP contribution in [-0.4, -0.2) is 43.2 Å². The Hall–Kier alpha value is -3.74. The first-order chi connectivity index (χ1) is 14.6. The molecule has 0 amide bonds. The van der Waals surface area contributed by atoms with E-state index in [0.717, 1.165) is 10.9 Å². The number of methoxy groups -OCH3 is 1. The summed E-state index contributed by atoms with van der Waals surface area (Å²) in [6.45, 7) is 2.45. The Labute approximate surface area is 173 Å². The van der Waals surface area contributed by atoms with Crippen molar-refractivity contribution < 1.29 is 28.5 Å². The second-order valence-electron chi connectivity index (χ2n) is 6.77. The maximum atomic E-state index is 12.7. The van der Waals surface area contributed by atoms with E-state index in [2.05, 4.69) is 4.98 Å².